The van der Waals surface area contributed by atoms with Crippen molar-refractivity contribution in [1.29, 1.82) is 0 Å². The number of hydrogen-bond donors (Lipinski definition) is 1. The number of ketones is 1. The minimum Gasteiger partial charge on any atom is -0.336 e. The summed E-state index contributed by atoms with van der Waals surface area (Å²) in [5.41, 5.74) is 1.92. The first-order chi connectivity index (χ1) is 12.0. The van der Waals surface area contributed by atoms with Gasteiger partial charge >= 0.3 is 0 Å². The molecule has 0 aliphatic carbocycles. The highest BCUT2D eigenvalue weighted by atomic mass is 16.2. The van der Waals surface area contributed by atoms with Gasteiger partial charge in [0.25, 0.3) is 5.91 Å². The lowest BCUT2D eigenvalue weighted by Gasteiger charge is -2.32. The number of piperazine rings is 1. The number of benzene rings is 1. The normalized spacial score (nSPS) is 15.0. The average Bonchev–Trinajstić information content (AvgIpc) is 2.63. The van der Waals surface area contributed by atoms with Crippen molar-refractivity contribution in [2.45, 2.75) is 6.92 Å². The topological polar surface area (TPSA) is 78.4 Å². The molecule has 2 aromatic rings. The molecule has 7 heteroatoms. The molecular formula is C18H21N5O2. The van der Waals surface area contributed by atoms with E-state index < -0.39 is 0 Å². The lowest BCUT2D eigenvalue weighted by molar-refractivity contribution is 0.0663. The Balaban J connectivity index is 1.63. The Morgan fingerprint density at radius 1 is 0.960 bits per heavy atom. The van der Waals surface area contributed by atoms with Crippen LogP contribution in [0.25, 0.3) is 0 Å². The predicted molar refractivity (Wildman–Crippen MR) is 95.2 cm³/mol. The number of anilines is 2. The Bertz CT molecular complexity index is 750. The van der Waals surface area contributed by atoms with Gasteiger partial charge < -0.3 is 15.1 Å². The minimum absolute atomic E-state index is 0.0228. The molecular weight excluding hydrogens is 318 g/mol. The molecule has 1 aliphatic rings. The first kappa shape index (κ1) is 17.0. The van der Waals surface area contributed by atoms with Crippen LogP contribution in [-0.2, 0) is 0 Å². The molecule has 1 aromatic heterocycles. The molecule has 130 valence electrons. The maximum Gasteiger partial charge on any atom is 0.257 e. The highest BCUT2D eigenvalue weighted by Gasteiger charge is 2.20. The van der Waals surface area contributed by atoms with Crippen LogP contribution in [0.4, 0.5) is 11.6 Å². The molecule has 1 fully saturated rings. The summed E-state index contributed by atoms with van der Waals surface area (Å²) >= 11 is 0. The largest absolute Gasteiger partial charge is 0.336 e. The molecule has 0 atom stereocenters. The van der Waals surface area contributed by atoms with E-state index in [1.807, 2.05) is 11.9 Å². The number of likely N-dealkylation sites (N-methyl/N-ethyl adjacent to an activating group) is 1. The third kappa shape index (κ3) is 4.19. The van der Waals surface area contributed by atoms with Gasteiger partial charge in [0.15, 0.2) is 5.78 Å². The van der Waals surface area contributed by atoms with Crippen LogP contribution in [0.1, 0.15) is 27.6 Å². The number of carbonyl (C=O) groups is 2. The van der Waals surface area contributed by atoms with Gasteiger partial charge in [-0.2, -0.15) is 0 Å². The van der Waals surface area contributed by atoms with Gasteiger partial charge in [-0.15, -0.1) is 0 Å². The summed E-state index contributed by atoms with van der Waals surface area (Å²) in [6.45, 7) is 4.72. The monoisotopic (exact) mass is 339 g/mol. The van der Waals surface area contributed by atoms with E-state index in [-0.39, 0.29) is 11.7 Å². The smallest absolute Gasteiger partial charge is 0.257 e. The Kier molecular flexibility index (Phi) is 5.04. The standard InChI is InChI=1S/C18H21N5O2/c1-13(24)14-3-5-16(6-4-14)21-18-19-11-15(12-20-18)17(25)23-9-7-22(2)8-10-23/h3-6,11-12H,7-10H2,1-2H3,(H,19,20,21). The van der Waals surface area contributed by atoms with Gasteiger partial charge in [0.05, 0.1) is 5.56 Å². The van der Waals surface area contributed by atoms with Crippen LogP contribution in [0, 0.1) is 0 Å². The van der Waals surface area contributed by atoms with Crippen molar-refractivity contribution in [3.8, 4) is 0 Å². The van der Waals surface area contributed by atoms with Crippen molar-refractivity contribution < 1.29 is 9.59 Å². The summed E-state index contributed by atoms with van der Waals surface area (Å²) in [6, 6.07) is 7.08. The first-order valence-corrected chi connectivity index (χ1v) is 8.21. The van der Waals surface area contributed by atoms with Crippen LogP contribution in [-0.4, -0.2) is 64.7 Å². The second kappa shape index (κ2) is 7.40. The Hall–Kier alpha value is -2.80. The fourth-order valence-corrected chi connectivity index (χ4v) is 2.61. The minimum atomic E-state index is -0.0366. The predicted octanol–water partition coefficient (Wildman–Crippen LogP) is 1.81. The van der Waals surface area contributed by atoms with Crippen LogP contribution in [0.15, 0.2) is 36.7 Å². The lowest BCUT2D eigenvalue weighted by atomic mass is 10.1. The van der Waals surface area contributed by atoms with Crippen LogP contribution in [0.5, 0.6) is 0 Å². The summed E-state index contributed by atoms with van der Waals surface area (Å²) in [5.74, 6) is 0.394. The quantitative estimate of drug-likeness (QED) is 0.856. The fraction of sp³-hybridized carbons (Fsp3) is 0.333. The third-order valence-corrected chi connectivity index (χ3v) is 4.24. The number of aromatic nitrogens is 2. The molecule has 2 heterocycles. The number of rotatable bonds is 4. The number of Topliss-reactive ketones (excluding diaryl/α,β-unsaturated/α-hetero) is 1. The number of carbonyl (C=O) groups excluding carboxylic acids is 2. The molecule has 25 heavy (non-hydrogen) atoms. The van der Waals surface area contributed by atoms with Crippen molar-refractivity contribution in [3.63, 3.8) is 0 Å². The summed E-state index contributed by atoms with van der Waals surface area (Å²) < 4.78 is 0. The molecule has 1 saturated heterocycles. The van der Waals surface area contributed by atoms with Gasteiger partial charge in [-0.3, -0.25) is 9.59 Å². The van der Waals surface area contributed by atoms with Crippen molar-refractivity contribution in [1.82, 2.24) is 19.8 Å². The van der Waals surface area contributed by atoms with E-state index in [2.05, 4.69) is 20.2 Å². The summed E-state index contributed by atoms with van der Waals surface area (Å²) in [7, 11) is 2.05. The average molecular weight is 339 g/mol. The zero-order valence-corrected chi connectivity index (χ0v) is 14.4. The maximum absolute atomic E-state index is 12.5. The van der Waals surface area contributed by atoms with E-state index in [9.17, 15) is 9.59 Å². The van der Waals surface area contributed by atoms with Gasteiger partial charge in [-0.25, -0.2) is 9.97 Å². The number of nitrogens with zero attached hydrogens (tertiary/aromatic N) is 4. The van der Waals surface area contributed by atoms with Crippen molar-refractivity contribution >= 4 is 23.3 Å². The van der Waals surface area contributed by atoms with Crippen molar-refractivity contribution in [2.24, 2.45) is 0 Å². The van der Waals surface area contributed by atoms with E-state index in [0.717, 1.165) is 31.9 Å². The SMILES string of the molecule is CC(=O)c1ccc(Nc2ncc(C(=O)N3CCN(C)CC3)cn2)cc1. The maximum atomic E-state index is 12.5. The third-order valence-electron chi connectivity index (χ3n) is 4.24. The highest BCUT2D eigenvalue weighted by molar-refractivity contribution is 5.94. The van der Waals surface area contributed by atoms with E-state index >= 15 is 0 Å². The first-order valence-electron chi connectivity index (χ1n) is 8.21. The van der Waals surface area contributed by atoms with E-state index in [1.54, 1.807) is 36.7 Å². The number of amides is 1. The molecule has 1 aliphatic heterocycles. The van der Waals surface area contributed by atoms with Crippen LogP contribution >= 0.6 is 0 Å². The van der Waals surface area contributed by atoms with E-state index in [0.29, 0.717) is 17.1 Å². The molecule has 1 N–H and O–H groups in total. The highest BCUT2D eigenvalue weighted by Crippen LogP contribution is 2.15. The zero-order chi connectivity index (χ0) is 17.8. The Labute approximate surface area is 146 Å². The molecule has 1 aromatic carbocycles. The Morgan fingerprint density at radius 3 is 2.12 bits per heavy atom. The molecule has 7 nitrogen and oxygen atoms in total. The van der Waals surface area contributed by atoms with Gasteiger partial charge in [-0.05, 0) is 38.2 Å². The van der Waals surface area contributed by atoms with Crippen LogP contribution in [0.2, 0.25) is 0 Å². The molecule has 0 spiro atoms. The van der Waals surface area contributed by atoms with Gasteiger partial charge in [0, 0.05) is 49.8 Å². The fourth-order valence-electron chi connectivity index (χ4n) is 2.61. The van der Waals surface area contributed by atoms with E-state index in [1.165, 1.54) is 6.92 Å². The summed E-state index contributed by atoms with van der Waals surface area (Å²) in [4.78, 5) is 36.2. The molecule has 0 saturated carbocycles. The molecule has 0 unspecified atom stereocenters. The molecule has 1 amide bonds. The van der Waals surface area contributed by atoms with E-state index in [4.69, 9.17) is 0 Å². The van der Waals surface area contributed by atoms with Gasteiger partial charge in [0.1, 0.15) is 0 Å². The second-order valence-corrected chi connectivity index (χ2v) is 6.15. The molecule has 3 rings (SSSR count). The van der Waals surface area contributed by atoms with Gasteiger partial charge in [0.2, 0.25) is 5.95 Å². The number of nitrogens with one attached hydrogen (secondary N) is 1. The molecule has 0 bridgehead atoms. The second-order valence-electron chi connectivity index (χ2n) is 6.15. The summed E-state index contributed by atoms with van der Waals surface area (Å²) in [5, 5.41) is 3.06. The summed E-state index contributed by atoms with van der Waals surface area (Å²) in [6.07, 6.45) is 3.08. The zero-order valence-electron chi connectivity index (χ0n) is 14.4. The Morgan fingerprint density at radius 2 is 1.56 bits per heavy atom. The van der Waals surface area contributed by atoms with Crippen molar-refractivity contribution in [3.05, 3.63) is 47.8 Å². The molecule has 0 radical (unpaired) electrons. The number of hydrogen-bond acceptors (Lipinski definition) is 6. The van der Waals surface area contributed by atoms with Crippen molar-refractivity contribution in [2.75, 3.05) is 38.5 Å². The lowest BCUT2D eigenvalue weighted by Crippen LogP contribution is -2.47. The van der Waals surface area contributed by atoms with Crippen LogP contribution in [0.3, 0.4) is 0 Å². The van der Waals surface area contributed by atoms with Gasteiger partial charge in [-0.1, -0.05) is 0 Å². The van der Waals surface area contributed by atoms with Crippen LogP contribution < -0.4 is 5.32 Å².